The molecule has 0 saturated heterocycles. The van der Waals surface area contributed by atoms with Gasteiger partial charge in [0, 0.05) is 0 Å². The monoisotopic (exact) mass is 494 g/mol. The lowest BCUT2D eigenvalue weighted by atomic mass is 9.99. The number of halogens is 6. The lowest BCUT2D eigenvalue weighted by Crippen LogP contribution is -2.04. The van der Waals surface area contributed by atoms with Crippen LogP contribution >= 0.6 is 0 Å². The molecule has 0 aliphatic carbocycles. The number of nitrogens with zero attached hydrogens (tertiary/aromatic N) is 6. The summed E-state index contributed by atoms with van der Waals surface area (Å²) in [7, 11) is 0. The molecule has 0 saturated carbocycles. The summed E-state index contributed by atoms with van der Waals surface area (Å²) in [5, 5.41) is 30.6. The minimum Gasteiger partial charge on any atom is -0.434 e. The van der Waals surface area contributed by atoms with Gasteiger partial charge in [-0.05, 0) is 0 Å². The van der Waals surface area contributed by atoms with Crippen LogP contribution in [-0.4, -0.2) is 9.97 Å². The van der Waals surface area contributed by atoms with Crippen LogP contribution in [0.25, 0.3) is 54.9 Å². The Kier molecular flexibility index (Phi) is 4.60. The maximum absolute atomic E-state index is 15.7. The van der Waals surface area contributed by atoms with E-state index in [4.69, 9.17) is 29.9 Å². The smallest absolute Gasteiger partial charge is 0.249 e. The van der Waals surface area contributed by atoms with Gasteiger partial charge in [-0.3, -0.25) is 0 Å². The third-order valence-electron chi connectivity index (χ3n) is 5.20. The fourth-order valence-corrected chi connectivity index (χ4v) is 3.69. The van der Waals surface area contributed by atoms with Gasteiger partial charge in [-0.25, -0.2) is 36.3 Å². The van der Waals surface area contributed by atoms with Crippen LogP contribution in [0.15, 0.2) is 8.83 Å². The van der Waals surface area contributed by atoms with E-state index in [1.54, 1.807) is 0 Å². The fourth-order valence-electron chi connectivity index (χ4n) is 3.69. The summed E-state index contributed by atoms with van der Waals surface area (Å²) >= 11 is 0. The first kappa shape index (κ1) is 22.2. The highest BCUT2D eigenvalue weighted by atomic mass is 19.2. The van der Waals surface area contributed by atoms with Crippen molar-refractivity contribution in [2.24, 2.45) is 0 Å². The molecule has 0 fully saturated rings. The molecule has 2 heterocycles. The first-order chi connectivity index (χ1) is 17.2. The molecule has 0 amide bonds. The number of oxazole rings is 2. The van der Waals surface area contributed by atoms with Crippen LogP contribution in [0.3, 0.4) is 0 Å². The molecular weight excluding hydrogens is 494 g/mol. The Morgan fingerprint density at radius 2 is 0.833 bits per heavy atom. The highest BCUT2D eigenvalue weighted by molar-refractivity contribution is 6.15. The number of nitriles is 4. The number of hydrogen-bond acceptors (Lipinski definition) is 8. The van der Waals surface area contributed by atoms with Gasteiger partial charge in [0.05, 0.1) is 21.5 Å². The molecular formula is C22F6N6O2. The zero-order valence-corrected chi connectivity index (χ0v) is 16.8. The van der Waals surface area contributed by atoms with Crippen molar-refractivity contribution in [3.63, 3.8) is 0 Å². The lowest BCUT2D eigenvalue weighted by molar-refractivity contribution is 0.511. The van der Waals surface area contributed by atoms with Crippen LogP contribution in [0, 0.1) is 80.2 Å². The molecule has 0 aliphatic heterocycles. The molecule has 0 atom stereocenters. The Morgan fingerprint density at radius 3 is 1.14 bits per heavy atom. The molecule has 5 rings (SSSR count). The molecule has 5 aromatic rings. The average Bonchev–Trinajstić information content (AvgIpc) is 3.49. The summed E-state index contributed by atoms with van der Waals surface area (Å²) in [6, 6.07) is 5.45. The number of aromatic nitrogens is 2. The predicted molar refractivity (Wildman–Crippen MR) is 105 cm³/mol. The zero-order chi connectivity index (χ0) is 26.0. The van der Waals surface area contributed by atoms with Crippen LogP contribution in [0.1, 0.15) is 0 Å². The maximum Gasteiger partial charge on any atom is 0.249 e. The molecule has 0 aliphatic rings. The van der Waals surface area contributed by atoms with Crippen molar-refractivity contribution in [1.82, 2.24) is 9.97 Å². The lowest BCUT2D eigenvalue weighted by Gasteiger charge is -2.10. The SMILES string of the molecule is N#CC(C#N)=c1nc2c(F)c(F)c3c(F)c4c(c(F)c(F)c5nc(=C(C#N)C#N)oc54)c(F)c3c2o1. The number of hydrogen-bond donors (Lipinski definition) is 0. The molecule has 0 bridgehead atoms. The highest BCUT2D eigenvalue weighted by Crippen LogP contribution is 2.41. The first-order valence-corrected chi connectivity index (χ1v) is 9.24. The van der Waals surface area contributed by atoms with Crippen LogP contribution in [0.2, 0.25) is 0 Å². The normalized spacial score (nSPS) is 10.9. The van der Waals surface area contributed by atoms with Gasteiger partial charge >= 0.3 is 0 Å². The van der Waals surface area contributed by atoms with E-state index in [9.17, 15) is 17.6 Å². The van der Waals surface area contributed by atoms with Crippen molar-refractivity contribution in [2.75, 3.05) is 0 Å². The molecule has 0 unspecified atom stereocenters. The first-order valence-electron chi connectivity index (χ1n) is 9.24. The third-order valence-corrected chi connectivity index (χ3v) is 5.20. The second kappa shape index (κ2) is 7.45. The standard InChI is InChI=1S/C22F6N6O2/c23-11-8-10(20-18(16(28)14(8)26)34-22(36-20)6(3-31)4-32)12(24)7-9(11)19-17(15(27)13(7)25)33-21(35-19)5(1-29)2-30. The fraction of sp³-hybridized carbons (Fsp3) is 0. The molecule has 0 spiro atoms. The quantitative estimate of drug-likeness (QED) is 0.235. The van der Waals surface area contributed by atoms with Gasteiger partial charge in [0.2, 0.25) is 11.1 Å². The second-order valence-electron chi connectivity index (χ2n) is 6.97. The Labute approximate surface area is 192 Å². The Morgan fingerprint density at radius 1 is 0.500 bits per heavy atom. The number of benzene rings is 3. The van der Waals surface area contributed by atoms with Crippen molar-refractivity contribution in [2.45, 2.75) is 0 Å². The van der Waals surface area contributed by atoms with E-state index >= 15 is 8.78 Å². The van der Waals surface area contributed by atoms with Crippen molar-refractivity contribution < 1.29 is 35.2 Å². The minimum atomic E-state index is -2.01. The summed E-state index contributed by atoms with van der Waals surface area (Å²) in [5.41, 5.74) is -7.47. The molecule has 172 valence electrons. The predicted octanol–water partition coefficient (Wildman–Crippen LogP) is 3.51. The van der Waals surface area contributed by atoms with E-state index in [0.29, 0.717) is 0 Å². The molecule has 14 heteroatoms. The molecule has 8 nitrogen and oxygen atoms in total. The van der Waals surface area contributed by atoms with Crippen molar-refractivity contribution in [3.8, 4) is 24.3 Å². The Bertz CT molecular complexity index is 1980. The van der Waals surface area contributed by atoms with Gasteiger partial charge in [-0.2, -0.15) is 21.0 Å². The van der Waals surface area contributed by atoms with Crippen molar-refractivity contribution in [1.29, 1.82) is 21.0 Å². The molecule has 0 radical (unpaired) electrons. The van der Waals surface area contributed by atoms with Crippen molar-refractivity contribution >= 4 is 54.9 Å². The van der Waals surface area contributed by atoms with Gasteiger partial charge in [0.1, 0.15) is 46.9 Å². The Hall–Kier alpha value is -5.60. The van der Waals surface area contributed by atoms with Crippen LogP contribution in [0.5, 0.6) is 0 Å². The summed E-state index contributed by atoms with van der Waals surface area (Å²) < 4.78 is 101. The third kappa shape index (κ3) is 2.61. The van der Waals surface area contributed by atoms with Crippen LogP contribution in [0.4, 0.5) is 26.3 Å². The summed E-state index contributed by atoms with van der Waals surface area (Å²) in [4.78, 5) is 6.87. The summed E-state index contributed by atoms with van der Waals surface area (Å²) in [6.45, 7) is 0. The largest absolute Gasteiger partial charge is 0.434 e. The molecule has 3 aromatic carbocycles. The zero-order valence-electron chi connectivity index (χ0n) is 16.8. The highest BCUT2D eigenvalue weighted by Gasteiger charge is 2.32. The van der Waals surface area contributed by atoms with Crippen molar-refractivity contribution in [3.05, 3.63) is 46.0 Å². The molecule has 0 N–H and O–H groups in total. The van der Waals surface area contributed by atoms with Gasteiger partial charge < -0.3 is 8.83 Å². The number of rotatable bonds is 0. The van der Waals surface area contributed by atoms with Gasteiger partial charge in [0.15, 0.2) is 45.6 Å². The van der Waals surface area contributed by atoms with E-state index in [0.717, 1.165) is 0 Å². The second-order valence-corrected chi connectivity index (χ2v) is 6.97. The minimum absolute atomic E-state index is 0.823. The summed E-state index contributed by atoms with van der Waals surface area (Å²) in [6.07, 6.45) is 0. The number of fused-ring (bicyclic) bond motifs is 6. The van der Waals surface area contributed by atoms with E-state index in [1.807, 2.05) is 0 Å². The Balaban J connectivity index is 2.16. The van der Waals surface area contributed by atoms with E-state index in [-0.39, 0.29) is 0 Å². The summed E-state index contributed by atoms with van der Waals surface area (Å²) in [5.74, 6) is -11.4. The average molecular weight is 494 g/mol. The van der Waals surface area contributed by atoms with Crippen LogP contribution in [-0.2, 0) is 0 Å². The van der Waals surface area contributed by atoms with E-state index in [1.165, 1.54) is 24.3 Å². The van der Waals surface area contributed by atoms with Gasteiger partial charge in [-0.15, -0.1) is 0 Å². The maximum atomic E-state index is 15.7. The van der Waals surface area contributed by atoms with E-state index in [2.05, 4.69) is 9.97 Å². The van der Waals surface area contributed by atoms with Gasteiger partial charge in [0.25, 0.3) is 0 Å². The topological polar surface area (TPSA) is 147 Å². The van der Waals surface area contributed by atoms with Gasteiger partial charge in [-0.1, -0.05) is 0 Å². The molecule has 2 aromatic heterocycles. The molecule has 36 heavy (non-hydrogen) atoms. The van der Waals surface area contributed by atoms with Crippen LogP contribution < -0.4 is 11.1 Å². The van der Waals surface area contributed by atoms with E-state index < -0.39 is 101 Å².